The van der Waals surface area contributed by atoms with Gasteiger partial charge >= 0.3 is 0 Å². The lowest BCUT2D eigenvalue weighted by atomic mass is 10.2. The average Bonchev–Trinajstić information content (AvgIpc) is 2.11. The largest absolute Gasteiger partial charge is 0.379 e. The highest BCUT2D eigenvalue weighted by Gasteiger charge is 1.99. The zero-order valence-electron chi connectivity index (χ0n) is 10.0. The molecule has 0 bridgehead atoms. The van der Waals surface area contributed by atoms with Crippen LogP contribution in [0.3, 0.4) is 0 Å². The maximum atomic E-state index is 5.44. The topological polar surface area (TPSA) is 30.5 Å². The van der Waals surface area contributed by atoms with E-state index in [0.717, 1.165) is 19.6 Å². The Morgan fingerprint density at radius 2 is 1.79 bits per heavy atom. The molecule has 1 unspecified atom stereocenters. The van der Waals surface area contributed by atoms with E-state index in [4.69, 9.17) is 9.47 Å². The maximum absolute atomic E-state index is 5.44. The van der Waals surface area contributed by atoms with Gasteiger partial charge in [0.05, 0.1) is 19.3 Å². The molecule has 0 aliphatic rings. The number of rotatable bonds is 9. The van der Waals surface area contributed by atoms with Crippen LogP contribution in [0.2, 0.25) is 0 Å². The Kier molecular flexibility index (Phi) is 9.35. The first-order valence-corrected chi connectivity index (χ1v) is 5.59. The minimum Gasteiger partial charge on any atom is -0.379 e. The molecule has 0 amide bonds. The van der Waals surface area contributed by atoms with Crippen LogP contribution in [0.1, 0.15) is 34.1 Å². The highest BCUT2D eigenvalue weighted by molar-refractivity contribution is 4.57. The summed E-state index contributed by atoms with van der Waals surface area (Å²) in [6.07, 6.45) is 1.37. The van der Waals surface area contributed by atoms with Gasteiger partial charge < -0.3 is 14.8 Å². The summed E-state index contributed by atoms with van der Waals surface area (Å²) < 4.78 is 10.8. The van der Waals surface area contributed by atoms with Crippen molar-refractivity contribution in [1.82, 2.24) is 5.32 Å². The summed E-state index contributed by atoms with van der Waals surface area (Å²) in [4.78, 5) is 0. The van der Waals surface area contributed by atoms with Crippen LogP contribution in [-0.4, -0.2) is 38.5 Å². The fourth-order valence-corrected chi connectivity index (χ4v) is 1.16. The molecule has 0 aromatic heterocycles. The van der Waals surface area contributed by atoms with Crippen LogP contribution in [0.25, 0.3) is 0 Å². The van der Waals surface area contributed by atoms with E-state index in [1.807, 2.05) is 13.8 Å². The minimum absolute atomic E-state index is 0.305. The molecule has 0 aromatic carbocycles. The molecule has 0 aliphatic carbocycles. The molecule has 0 aliphatic heterocycles. The van der Waals surface area contributed by atoms with Crippen molar-refractivity contribution in [2.75, 3.05) is 26.4 Å². The lowest BCUT2D eigenvalue weighted by Gasteiger charge is -2.12. The van der Waals surface area contributed by atoms with E-state index < -0.39 is 0 Å². The molecule has 1 atom stereocenters. The first-order chi connectivity index (χ1) is 6.66. The van der Waals surface area contributed by atoms with Crippen LogP contribution in [0.15, 0.2) is 0 Å². The predicted octanol–water partition coefficient (Wildman–Crippen LogP) is 1.82. The van der Waals surface area contributed by atoms with Gasteiger partial charge in [0.15, 0.2) is 0 Å². The van der Waals surface area contributed by atoms with E-state index >= 15 is 0 Å². The average molecular weight is 203 g/mol. The van der Waals surface area contributed by atoms with E-state index in [9.17, 15) is 0 Å². The van der Waals surface area contributed by atoms with Crippen molar-refractivity contribution in [2.45, 2.75) is 46.3 Å². The minimum atomic E-state index is 0.305. The lowest BCUT2D eigenvalue weighted by molar-refractivity contribution is 0.0177. The van der Waals surface area contributed by atoms with Crippen LogP contribution in [0.4, 0.5) is 0 Å². The van der Waals surface area contributed by atoms with Gasteiger partial charge in [0.25, 0.3) is 0 Å². The van der Waals surface area contributed by atoms with Crippen molar-refractivity contribution in [3.8, 4) is 0 Å². The number of nitrogens with one attached hydrogen (secondary N) is 1. The molecule has 14 heavy (non-hydrogen) atoms. The Morgan fingerprint density at radius 3 is 2.36 bits per heavy atom. The van der Waals surface area contributed by atoms with Gasteiger partial charge in [0.2, 0.25) is 0 Å². The van der Waals surface area contributed by atoms with Crippen molar-refractivity contribution in [3.05, 3.63) is 0 Å². The van der Waals surface area contributed by atoms with Gasteiger partial charge in [-0.2, -0.15) is 0 Å². The van der Waals surface area contributed by atoms with Gasteiger partial charge in [0, 0.05) is 12.6 Å². The smallest absolute Gasteiger partial charge is 0.0703 e. The predicted molar refractivity (Wildman–Crippen MR) is 59.7 cm³/mol. The fourth-order valence-electron chi connectivity index (χ4n) is 1.16. The van der Waals surface area contributed by atoms with Crippen molar-refractivity contribution >= 4 is 0 Å². The van der Waals surface area contributed by atoms with Crippen molar-refractivity contribution in [1.29, 1.82) is 0 Å². The van der Waals surface area contributed by atoms with Crippen molar-refractivity contribution < 1.29 is 9.47 Å². The second-order valence-electron chi connectivity index (χ2n) is 3.78. The molecule has 0 spiro atoms. The molecule has 86 valence electrons. The Labute approximate surface area is 88.2 Å². The van der Waals surface area contributed by atoms with Gasteiger partial charge in [-0.05, 0) is 33.7 Å². The van der Waals surface area contributed by atoms with Crippen molar-refractivity contribution in [2.24, 2.45) is 0 Å². The highest BCUT2D eigenvalue weighted by atomic mass is 16.5. The Balaban J connectivity index is 3.05. The summed E-state index contributed by atoms with van der Waals surface area (Å²) >= 11 is 0. The molecule has 0 heterocycles. The van der Waals surface area contributed by atoms with Crippen molar-refractivity contribution in [3.63, 3.8) is 0 Å². The molecule has 1 N–H and O–H groups in total. The van der Waals surface area contributed by atoms with Gasteiger partial charge in [-0.3, -0.25) is 0 Å². The van der Waals surface area contributed by atoms with Crippen LogP contribution in [0, 0.1) is 0 Å². The normalized spacial score (nSPS) is 13.5. The number of hydrogen-bond donors (Lipinski definition) is 1. The third-order valence-corrected chi connectivity index (χ3v) is 1.93. The van der Waals surface area contributed by atoms with Gasteiger partial charge in [-0.15, -0.1) is 0 Å². The zero-order valence-corrected chi connectivity index (χ0v) is 10.0. The Hall–Kier alpha value is -0.120. The Bertz CT molecular complexity index is 118. The quantitative estimate of drug-likeness (QED) is 0.580. The molecule has 0 fully saturated rings. The first kappa shape index (κ1) is 13.9. The highest BCUT2D eigenvalue weighted by Crippen LogP contribution is 1.92. The van der Waals surface area contributed by atoms with Crippen LogP contribution in [0.5, 0.6) is 0 Å². The molecular formula is C11H25NO2. The fraction of sp³-hybridized carbons (Fsp3) is 1.00. The second kappa shape index (κ2) is 9.44. The molecule has 0 radical (unpaired) electrons. The van der Waals surface area contributed by atoms with E-state index in [-0.39, 0.29) is 0 Å². The maximum Gasteiger partial charge on any atom is 0.0703 e. The van der Waals surface area contributed by atoms with E-state index in [0.29, 0.717) is 25.4 Å². The zero-order chi connectivity index (χ0) is 10.8. The van der Waals surface area contributed by atoms with Gasteiger partial charge in [-0.25, -0.2) is 0 Å². The molecule has 3 heteroatoms. The Morgan fingerprint density at radius 1 is 1.07 bits per heavy atom. The SMILES string of the molecule is CCNC(C)CCOCCOC(C)C. The van der Waals surface area contributed by atoms with E-state index in [1.54, 1.807) is 0 Å². The summed E-state index contributed by atoms with van der Waals surface area (Å²) in [5.41, 5.74) is 0. The van der Waals surface area contributed by atoms with Crippen LogP contribution in [-0.2, 0) is 9.47 Å². The van der Waals surface area contributed by atoms with Gasteiger partial charge in [0.1, 0.15) is 0 Å². The molecule has 0 saturated carbocycles. The standard InChI is InChI=1S/C11H25NO2/c1-5-12-11(4)6-7-13-8-9-14-10(2)3/h10-12H,5-9H2,1-4H3. The second-order valence-corrected chi connectivity index (χ2v) is 3.78. The molecule has 3 nitrogen and oxygen atoms in total. The summed E-state index contributed by atoms with van der Waals surface area (Å²) in [6, 6.07) is 0.547. The van der Waals surface area contributed by atoms with E-state index in [1.165, 1.54) is 0 Å². The summed E-state index contributed by atoms with van der Waals surface area (Å²) in [5, 5.41) is 3.34. The van der Waals surface area contributed by atoms with Crippen LogP contribution < -0.4 is 5.32 Å². The summed E-state index contributed by atoms with van der Waals surface area (Å²) in [6.45, 7) is 11.6. The van der Waals surface area contributed by atoms with E-state index in [2.05, 4.69) is 19.2 Å². The molecule has 0 rings (SSSR count). The molecule has 0 aromatic rings. The molecule has 0 saturated heterocycles. The van der Waals surface area contributed by atoms with Crippen LogP contribution >= 0.6 is 0 Å². The third-order valence-electron chi connectivity index (χ3n) is 1.93. The monoisotopic (exact) mass is 203 g/mol. The summed E-state index contributed by atoms with van der Waals surface area (Å²) in [7, 11) is 0. The van der Waals surface area contributed by atoms with Gasteiger partial charge in [-0.1, -0.05) is 6.92 Å². The number of hydrogen-bond acceptors (Lipinski definition) is 3. The lowest BCUT2D eigenvalue weighted by Crippen LogP contribution is -2.27. The first-order valence-electron chi connectivity index (χ1n) is 5.59. The number of ether oxygens (including phenoxy) is 2. The summed E-state index contributed by atoms with van der Waals surface area (Å²) in [5.74, 6) is 0. The third kappa shape index (κ3) is 9.96. The molecular weight excluding hydrogens is 178 g/mol.